The first-order valence-corrected chi connectivity index (χ1v) is 8.51. The second-order valence-corrected chi connectivity index (χ2v) is 6.42. The highest BCUT2D eigenvalue weighted by atomic mass is 19.1. The molecule has 0 spiro atoms. The third-order valence-electron chi connectivity index (χ3n) is 4.56. The van der Waals surface area contributed by atoms with Crippen LogP contribution in [0.15, 0.2) is 60.8 Å². The number of hydrogen-bond acceptors (Lipinski definition) is 5. The van der Waals surface area contributed by atoms with Crippen molar-refractivity contribution in [2.24, 2.45) is 0 Å². The van der Waals surface area contributed by atoms with Crippen LogP contribution in [0.4, 0.5) is 21.5 Å². The number of aryl methyl sites for hydroxylation is 1. The molecule has 2 aromatic carbocycles. The molecule has 0 fully saturated rings. The van der Waals surface area contributed by atoms with E-state index in [1.54, 1.807) is 18.3 Å². The Morgan fingerprint density at radius 3 is 2.64 bits per heavy atom. The lowest BCUT2D eigenvalue weighted by atomic mass is 10.2. The summed E-state index contributed by atoms with van der Waals surface area (Å²) in [6.45, 7) is 1.94. The molecule has 1 aromatic heterocycles. The number of aromatic nitrogens is 1. The van der Waals surface area contributed by atoms with E-state index in [2.05, 4.69) is 10.3 Å². The Bertz CT molecular complexity index is 1090. The average Bonchev–Trinajstić information content (AvgIpc) is 2.96. The van der Waals surface area contributed by atoms with E-state index in [4.69, 9.17) is 0 Å². The van der Waals surface area contributed by atoms with Crippen LogP contribution in [0, 0.1) is 22.9 Å². The first kappa shape index (κ1) is 17.6. The SMILES string of the molecule is Cc1ccc(N2C(=O)c3cccnc3[C@@H]2Nc2ccc(F)c([N+](=O)[O-])c2)cc1. The largest absolute Gasteiger partial charge is 0.360 e. The molecule has 1 amide bonds. The van der Waals surface area contributed by atoms with Crippen LogP contribution in [-0.4, -0.2) is 15.8 Å². The Morgan fingerprint density at radius 1 is 1.18 bits per heavy atom. The van der Waals surface area contributed by atoms with E-state index < -0.39 is 22.6 Å². The highest BCUT2D eigenvalue weighted by molar-refractivity contribution is 6.11. The van der Waals surface area contributed by atoms with Crippen molar-refractivity contribution in [3.05, 3.63) is 93.5 Å². The predicted molar refractivity (Wildman–Crippen MR) is 102 cm³/mol. The topological polar surface area (TPSA) is 88.4 Å². The van der Waals surface area contributed by atoms with E-state index in [9.17, 15) is 19.3 Å². The Balaban J connectivity index is 1.77. The summed E-state index contributed by atoms with van der Waals surface area (Å²) in [4.78, 5) is 29.1. The number of rotatable bonds is 4. The number of benzene rings is 2. The van der Waals surface area contributed by atoms with E-state index in [1.807, 2.05) is 31.2 Å². The van der Waals surface area contributed by atoms with Gasteiger partial charge in [-0.2, -0.15) is 4.39 Å². The third kappa shape index (κ3) is 2.94. The lowest BCUT2D eigenvalue weighted by Gasteiger charge is -2.26. The van der Waals surface area contributed by atoms with Crippen LogP contribution in [0.5, 0.6) is 0 Å². The second-order valence-electron chi connectivity index (χ2n) is 6.42. The second kappa shape index (κ2) is 6.73. The molecule has 0 saturated heterocycles. The van der Waals surface area contributed by atoms with Crippen molar-refractivity contribution in [3.8, 4) is 0 Å². The molecular weight excluding hydrogens is 363 g/mol. The van der Waals surface area contributed by atoms with Crippen molar-refractivity contribution in [1.29, 1.82) is 0 Å². The fourth-order valence-corrected chi connectivity index (χ4v) is 3.19. The Morgan fingerprint density at radius 2 is 1.93 bits per heavy atom. The highest BCUT2D eigenvalue weighted by Crippen LogP contribution is 2.37. The van der Waals surface area contributed by atoms with Crippen LogP contribution in [0.2, 0.25) is 0 Å². The van der Waals surface area contributed by atoms with Crippen molar-refractivity contribution in [2.45, 2.75) is 13.1 Å². The number of nitrogens with zero attached hydrogens (tertiary/aromatic N) is 3. The minimum absolute atomic E-state index is 0.235. The number of carbonyl (C=O) groups excluding carboxylic acids is 1. The maximum atomic E-state index is 13.7. The van der Waals surface area contributed by atoms with Crippen LogP contribution in [-0.2, 0) is 0 Å². The number of carbonyl (C=O) groups is 1. The molecule has 1 aliphatic rings. The zero-order valence-corrected chi connectivity index (χ0v) is 14.8. The molecule has 4 rings (SSSR count). The zero-order chi connectivity index (χ0) is 19.8. The molecule has 140 valence electrons. The van der Waals surface area contributed by atoms with E-state index in [0.717, 1.165) is 17.7 Å². The molecule has 3 aromatic rings. The van der Waals surface area contributed by atoms with Crippen LogP contribution in [0.1, 0.15) is 27.8 Å². The monoisotopic (exact) mass is 378 g/mol. The molecule has 0 unspecified atom stereocenters. The number of pyridine rings is 1. The molecule has 0 bridgehead atoms. The molecule has 0 aliphatic carbocycles. The lowest BCUT2D eigenvalue weighted by molar-refractivity contribution is -0.387. The van der Waals surface area contributed by atoms with Gasteiger partial charge in [-0.25, -0.2) is 0 Å². The number of nitrogens with one attached hydrogen (secondary N) is 1. The maximum Gasteiger partial charge on any atom is 0.306 e. The van der Waals surface area contributed by atoms with Gasteiger partial charge in [-0.15, -0.1) is 0 Å². The molecule has 1 atom stereocenters. The molecule has 2 heterocycles. The number of hydrogen-bond donors (Lipinski definition) is 1. The predicted octanol–water partition coefficient (Wildman–Crippen LogP) is 4.21. The van der Waals surface area contributed by atoms with Crippen molar-refractivity contribution in [3.63, 3.8) is 0 Å². The van der Waals surface area contributed by atoms with Gasteiger partial charge in [-0.1, -0.05) is 17.7 Å². The standard InChI is InChI=1S/C20H15FN4O3/c1-12-4-7-14(8-5-12)24-19(18-15(20(24)26)3-2-10-22-18)23-13-6-9-16(21)17(11-13)25(27)28/h2-11,19,23H,1H3/t19-/m1/s1. The van der Waals surface area contributed by atoms with Gasteiger partial charge in [0.25, 0.3) is 5.91 Å². The van der Waals surface area contributed by atoms with E-state index in [1.165, 1.54) is 11.0 Å². The summed E-state index contributed by atoms with van der Waals surface area (Å²) in [7, 11) is 0. The third-order valence-corrected chi connectivity index (χ3v) is 4.56. The first-order chi connectivity index (χ1) is 13.5. The molecule has 28 heavy (non-hydrogen) atoms. The fourth-order valence-electron chi connectivity index (χ4n) is 3.19. The Labute approximate surface area is 159 Å². The number of anilines is 2. The van der Waals surface area contributed by atoms with Crippen LogP contribution < -0.4 is 10.2 Å². The zero-order valence-electron chi connectivity index (χ0n) is 14.8. The molecule has 7 nitrogen and oxygen atoms in total. The van der Waals surface area contributed by atoms with Gasteiger partial charge in [0, 0.05) is 23.6 Å². The minimum atomic E-state index is -0.924. The summed E-state index contributed by atoms with van der Waals surface area (Å²) >= 11 is 0. The van der Waals surface area contributed by atoms with Gasteiger partial charge in [-0.3, -0.25) is 24.8 Å². The van der Waals surface area contributed by atoms with Gasteiger partial charge in [0.05, 0.1) is 16.2 Å². The van der Waals surface area contributed by atoms with E-state index >= 15 is 0 Å². The summed E-state index contributed by atoms with van der Waals surface area (Å²) < 4.78 is 13.7. The molecule has 0 radical (unpaired) electrons. The summed E-state index contributed by atoms with van der Waals surface area (Å²) in [5.74, 6) is -1.16. The fraction of sp³-hybridized carbons (Fsp3) is 0.100. The van der Waals surface area contributed by atoms with Crippen LogP contribution >= 0.6 is 0 Å². The Kier molecular flexibility index (Phi) is 4.23. The molecule has 1 N–H and O–H groups in total. The average molecular weight is 378 g/mol. The number of halogens is 1. The number of fused-ring (bicyclic) bond motifs is 1. The summed E-state index contributed by atoms with van der Waals surface area (Å²) in [6, 6.07) is 14.3. The number of nitro groups is 1. The maximum absolute atomic E-state index is 13.7. The van der Waals surface area contributed by atoms with Crippen molar-refractivity contribution < 1.29 is 14.1 Å². The van der Waals surface area contributed by atoms with Crippen LogP contribution in [0.3, 0.4) is 0 Å². The lowest BCUT2D eigenvalue weighted by Crippen LogP contribution is -2.32. The van der Waals surface area contributed by atoms with E-state index in [-0.39, 0.29) is 5.91 Å². The van der Waals surface area contributed by atoms with Gasteiger partial charge in [-0.05, 0) is 43.3 Å². The molecule has 8 heteroatoms. The van der Waals surface area contributed by atoms with Gasteiger partial charge in [0.15, 0.2) is 6.17 Å². The first-order valence-electron chi connectivity index (χ1n) is 8.51. The number of nitro benzene ring substituents is 1. The van der Waals surface area contributed by atoms with E-state index in [0.29, 0.717) is 22.6 Å². The smallest absolute Gasteiger partial charge is 0.306 e. The normalized spacial score (nSPS) is 15.4. The van der Waals surface area contributed by atoms with Crippen LogP contribution in [0.25, 0.3) is 0 Å². The van der Waals surface area contributed by atoms with Gasteiger partial charge in [0.2, 0.25) is 5.82 Å². The summed E-state index contributed by atoms with van der Waals surface area (Å²) in [6.07, 6.45) is 0.892. The summed E-state index contributed by atoms with van der Waals surface area (Å²) in [5, 5.41) is 14.1. The summed E-state index contributed by atoms with van der Waals surface area (Å²) in [5.41, 5.74) is 2.31. The van der Waals surface area contributed by atoms with Gasteiger partial charge < -0.3 is 5.32 Å². The van der Waals surface area contributed by atoms with Crippen molar-refractivity contribution in [1.82, 2.24) is 4.98 Å². The number of amides is 1. The quantitative estimate of drug-likeness (QED) is 0.543. The van der Waals surface area contributed by atoms with Crippen molar-refractivity contribution in [2.75, 3.05) is 10.2 Å². The molecule has 0 saturated carbocycles. The molecular formula is C20H15FN4O3. The van der Waals surface area contributed by atoms with Crippen molar-refractivity contribution >= 4 is 23.0 Å². The minimum Gasteiger partial charge on any atom is -0.360 e. The molecule has 1 aliphatic heterocycles. The van der Waals surface area contributed by atoms with Gasteiger partial charge in [0.1, 0.15) is 0 Å². The Hall–Kier alpha value is -3.81. The highest BCUT2D eigenvalue weighted by Gasteiger charge is 2.39. The van der Waals surface area contributed by atoms with Gasteiger partial charge >= 0.3 is 5.69 Å².